The van der Waals surface area contributed by atoms with Gasteiger partial charge in [0, 0.05) is 23.2 Å². The highest BCUT2D eigenvalue weighted by Gasteiger charge is 2.22. The molecule has 0 aliphatic heterocycles. The van der Waals surface area contributed by atoms with Gasteiger partial charge in [-0.2, -0.15) is 0 Å². The first-order chi connectivity index (χ1) is 9.04. The van der Waals surface area contributed by atoms with E-state index in [-0.39, 0.29) is 18.6 Å². The Morgan fingerprint density at radius 2 is 2.00 bits per heavy atom. The second kappa shape index (κ2) is 7.51. The SMILES string of the molecule is CCC(CC)N(CCO)C(=O)c1ccc(Cl)c(C)c1. The summed E-state index contributed by atoms with van der Waals surface area (Å²) in [6, 6.07) is 5.45. The number of aliphatic hydroxyl groups is 1. The van der Waals surface area contributed by atoms with Gasteiger partial charge in [-0.1, -0.05) is 25.4 Å². The summed E-state index contributed by atoms with van der Waals surface area (Å²) in [5.74, 6) is -0.0393. The molecular weight excluding hydrogens is 262 g/mol. The van der Waals surface area contributed by atoms with Crippen LogP contribution in [-0.4, -0.2) is 35.1 Å². The van der Waals surface area contributed by atoms with Gasteiger partial charge in [-0.3, -0.25) is 4.79 Å². The molecule has 0 saturated heterocycles. The monoisotopic (exact) mass is 283 g/mol. The maximum atomic E-state index is 12.5. The summed E-state index contributed by atoms with van der Waals surface area (Å²) in [5, 5.41) is 9.82. The molecule has 0 heterocycles. The van der Waals surface area contributed by atoms with Crippen LogP contribution in [0.5, 0.6) is 0 Å². The van der Waals surface area contributed by atoms with Crippen molar-refractivity contribution in [3.63, 3.8) is 0 Å². The second-order valence-corrected chi connectivity index (χ2v) is 5.06. The highest BCUT2D eigenvalue weighted by Crippen LogP contribution is 2.19. The number of aryl methyl sites for hydroxylation is 1. The first-order valence-corrected chi connectivity index (χ1v) is 7.10. The third-order valence-electron chi connectivity index (χ3n) is 3.39. The van der Waals surface area contributed by atoms with Crippen LogP contribution in [0.1, 0.15) is 42.6 Å². The smallest absolute Gasteiger partial charge is 0.254 e. The topological polar surface area (TPSA) is 40.5 Å². The van der Waals surface area contributed by atoms with E-state index >= 15 is 0 Å². The van der Waals surface area contributed by atoms with E-state index in [4.69, 9.17) is 16.7 Å². The van der Waals surface area contributed by atoms with E-state index in [9.17, 15) is 4.79 Å². The average molecular weight is 284 g/mol. The molecule has 0 saturated carbocycles. The average Bonchev–Trinajstić information content (AvgIpc) is 2.41. The first kappa shape index (κ1) is 16.0. The Hall–Kier alpha value is -1.06. The number of amides is 1. The van der Waals surface area contributed by atoms with Crippen LogP contribution >= 0.6 is 11.6 Å². The van der Waals surface area contributed by atoms with Gasteiger partial charge < -0.3 is 10.0 Å². The van der Waals surface area contributed by atoms with Crippen molar-refractivity contribution < 1.29 is 9.90 Å². The minimum absolute atomic E-state index is 0.0190. The molecule has 0 radical (unpaired) electrons. The molecule has 0 aliphatic carbocycles. The molecule has 1 N–H and O–H groups in total. The Balaban J connectivity index is 3.01. The van der Waals surface area contributed by atoms with Crippen molar-refractivity contribution in [3.05, 3.63) is 34.3 Å². The van der Waals surface area contributed by atoms with Gasteiger partial charge in [0.25, 0.3) is 5.91 Å². The summed E-state index contributed by atoms with van der Waals surface area (Å²) in [5.41, 5.74) is 1.52. The van der Waals surface area contributed by atoms with Gasteiger partial charge in [0.15, 0.2) is 0 Å². The Morgan fingerprint density at radius 3 is 2.47 bits per heavy atom. The molecule has 1 rings (SSSR count). The molecule has 106 valence electrons. The van der Waals surface area contributed by atoms with Crippen molar-refractivity contribution >= 4 is 17.5 Å². The zero-order valence-electron chi connectivity index (χ0n) is 11.8. The first-order valence-electron chi connectivity index (χ1n) is 6.73. The van der Waals surface area contributed by atoms with Crippen molar-refractivity contribution in [2.75, 3.05) is 13.2 Å². The number of carbonyl (C=O) groups is 1. The highest BCUT2D eigenvalue weighted by molar-refractivity contribution is 6.31. The summed E-state index contributed by atoms with van der Waals surface area (Å²) in [4.78, 5) is 14.3. The van der Waals surface area contributed by atoms with Crippen LogP contribution in [0.2, 0.25) is 5.02 Å². The van der Waals surface area contributed by atoms with E-state index in [1.54, 1.807) is 23.1 Å². The summed E-state index contributed by atoms with van der Waals surface area (Å²) >= 11 is 5.98. The Labute approximate surface area is 120 Å². The van der Waals surface area contributed by atoms with Gasteiger partial charge in [0.05, 0.1) is 6.61 Å². The molecule has 3 nitrogen and oxygen atoms in total. The van der Waals surface area contributed by atoms with Crippen LogP contribution in [0, 0.1) is 6.92 Å². The molecule has 0 bridgehead atoms. The van der Waals surface area contributed by atoms with Crippen LogP contribution in [0.4, 0.5) is 0 Å². The minimum atomic E-state index is -0.0393. The normalized spacial score (nSPS) is 10.8. The molecule has 0 aromatic heterocycles. The van der Waals surface area contributed by atoms with Crippen molar-refractivity contribution in [3.8, 4) is 0 Å². The molecule has 1 aromatic rings. The lowest BCUT2D eigenvalue weighted by molar-refractivity contribution is 0.0622. The summed E-state index contributed by atoms with van der Waals surface area (Å²) in [6.07, 6.45) is 1.77. The molecule has 0 aliphatic rings. The molecule has 0 spiro atoms. The number of halogens is 1. The van der Waals surface area contributed by atoms with E-state index in [0.29, 0.717) is 17.1 Å². The molecular formula is C15H22ClNO2. The van der Waals surface area contributed by atoms with Gasteiger partial charge in [-0.05, 0) is 43.5 Å². The number of aliphatic hydroxyl groups excluding tert-OH is 1. The van der Waals surface area contributed by atoms with Gasteiger partial charge in [0.1, 0.15) is 0 Å². The standard InChI is InChI=1S/C15H22ClNO2/c1-4-13(5-2)17(8-9-18)15(19)12-6-7-14(16)11(3)10-12/h6-7,10,13,18H,4-5,8-9H2,1-3H3. The lowest BCUT2D eigenvalue weighted by Crippen LogP contribution is -2.41. The molecule has 0 fully saturated rings. The van der Waals surface area contributed by atoms with Crippen LogP contribution in [0.3, 0.4) is 0 Å². The summed E-state index contributed by atoms with van der Waals surface area (Å²) in [6.45, 7) is 6.34. The molecule has 1 aromatic carbocycles. The van der Waals surface area contributed by atoms with Crippen molar-refractivity contribution in [2.24, 2.45) is 0 Å². The lowest BCUT2D eigenvalue weighted by Gasteiger charge is -2.30. The van der Waals surface area contributed by atoms with Gasteiger partial charge >= 0.3 is 0 Å². The quantitative estimate of drug-likeness (QED) is 0.870. The Bertz CT molecular complexity index is 430. The predicted octanol–water partition coefficient (Wildman–Crippen LogP) is 3.27. The van der Waals surface area contributed by atoms with E-state index in [1.165, 1.54) is 0 Å². The van der Waals surface area contributed by atoms with Crippen molar-refractivity contribution in [2.45, 2.75) is 39.7 Å². The van der Waals surface area contributed by atoms with Gasteiger partial charge in [0.2, 0.25) is 0 Å². The maximum absolute atomic E-state index is 12.5. The second-order valence-electron chi connectivity index (χ2n) is 4.66. The molecule has 4 heteroatoms. The zero-order chi connectivity index (χ0) is 14.4. The Morgan fingerprint density at radius 1 is 1.37 bits per heavy atom. The number of rotatable bonds is 6. The minimum Gasteiger partial charge on any atom is -0.395 e. The third-order valence-corrected chi connectivity index (χ3v) is 3.81. The number of hydrogen-bond donors (Lipinski definition) is 1. The Kier molecular flexibility index (Phi) is 6.32. The summed E-state index contributed by atoms with van der Waals surface area (Å²) < 4.78 is 0. The van der Waals surface area contributed by atoms with Crippen LogP contribution in [-0.2, 0) is 0 Å². The number of nitrogens with zero attached hydrogens (tertiary/aromatic N) is 1. The molecule has 0 atom stereocenters. The lowest BCUT2D eigenvalue weighted by atomic mass is 10.1. The van der Waals surface area contributed by atoms with Crippen molar-refractivity contribution in [1.82, 2.24) is 4.90 Å². The molecule has 0 unspecified atom stereocenters. The zero-order valence-corrected chi connectivity index (χ0v) is 12.6. The fourth-order valence-electron chi connectivity index (χ4n) is 2.23. The fourth-order valence-corrected chi connectivity index (χ4v) is 2.35. The number of carbonyl (C=O) groups excluding carboxylic acids is 1. The van der Waals surface area contributed by atoms with E-state index in [0.717, 1.165) is 18.4 Å². The third kappa shape index (κ3) is 3.95. The van der Waals surface area contributed by atoms with Crippen molar-refractivity contribution in [1.29, 1.82) is 0 Å². The van der Waals surface area contributed by atoms with Gasteiger partial charge in [-0.15, -0.1) is 0 Å². The molecule has 1 amide bonds. The van der Waals surface area contributed by atoms with E-state index in [2.05, 4.69) is 13.8 Å². The summed E-state index contributed by atoms with van der Waals surface area (Å²) in [7, 11) is 0. The number of benzene rings is 1. The predicted molar refractivity (Wildman–Crippen MR) is 78.7 cm³/mol. The highest BCUT2D eigenvalue weighted by atomic mass is 35.5. The fraction of sp³-hybridized carbons (Fsp3) is 0.533. The largest absolute Gasteiger partial charge is 0.395 e. The van der Waals surface area contributed by atoms with Gasteiger partial charge in [-0.25, -0.2) is 0 Å². The number of hydrogen-bond acceptors (Lipinski definition) is 2. The van der Waals surface area contributed by atoms with Crippen LogP contribution < -0.4 is 0 Å². The van der Waals surface area contributed by atoms with Crippen LogP contribution in [0.25, 0.3) is 0 Å². The molecule has 19 heavy (non-hydrogen) atoms. The van der Waals surface area contributed by atoms with E-state index in [1.807, 2.05) is 6.92 Å². The maximum Gasteiger partial charge on any atom is 0.254 e. The van der Waals surface area contributed by atoms with E-state index < -0.39 is 0 Å². The van der Waals surface area contributed by atoms with Crippen LogP contribution in [0.15, 0.2) is 18.2 Å².